The molecule has 1 aliphatic heterocycles. The van der Waals surface area contributed by atoms with Crippen LogP contribution in [0, 0.1) is 11.7 Å². The van der Waals surface area contributed by atoms with Crippen molar-refractivity contribution in [1.82, 2.24) is 15.1 Å². The molecule has 3 aromatic rings. The van der Waals surface area contributed by atoms with Crippen molar-refractivity contribution in [3.05, 3.63) is 78.3 Å². The third-order valence-electron chi connectivity index (χ3n) is 5.68. The zero-order valence-electron chi connectivity index (χ0n) is 18.9. The van der Waals surface area contributed by atoms with E-state index in [0.29, 0.717) is 41.3 Å². The first-order chi connectivity index (χ1) is 16.6. The van der Waals surface area contributed by atoms with Gasteiger partial charge in [0.1, 0.15) is 5.82 Å². The summed E-state index contributed by atoms with van der Waals surface area (Å²) in [5.41, 5.74) is 3.07. The van der Waals surface area contributed by atoms with Crippen LogP contribution in [0.5, 0.6) is 0 Å². The average molecular weight is 488 g/mol. The van der Waals surface area contributed by atoms with Gasteiger partial charge in [-0.2, -0.15) is 13.2 Å². The molecule has 1 saturated heterocycles. The maximum Gasteiger partial charge on any atom is 0.414 e. The first kappa shape index (κ1) is 24.5. The van der Waals surface area contributed by atoms with Gasteiger partial charge in [0.05, 0.1) is 23.9 Å². The SMILES string of the molecule is C=C1C[C@H](C(=O)Nc2cc(-c3cccc(CO[C@H](C)C(F)(F)F)c3)n(-c3ccc(F)cc3)n2)CN1. The van der Waals surface area contributed by atoms with Crippen molar-refractivity contribution in [2.45, 2.75) is 32.2 Å². The van der Waals surface area contributed by atoms with Crippen LogP contribution in [0.4, 0.5) is 23.4 Å². The van der Waals surface area contributed by atoms with Gasteiger partial charge in [-0.1, -0.05) is 24.8 Å². The fourth-order valence-electron chi connectivity index (χ4n) is 3.69. The first-order valence-corrected chi connectivity index (χ1v) is 11.0. The molecule has 0 spiro atoms. The molecule has 1 amide bonds. The number of benzene rings is 2. The Kier molecular flexibility index (Phi) is 6.93. The Balaban J connectivity index is 1.63. The smallest absolute Gasteiger partial charge is 0.388 e. The second-order valence-electron chi connectivity index (χ2n) is 8.37. The predicted octanol–water partition coefficient (Wildman–Crippen LogP) is 5.21. The number of ether oxygens (including phenoxy) is 1. The van der Waals surface area contributed by atoms with Crippen LogP contribution < -0.4 is 10.6 Å². The lowest BCUT2D eigenvalue weighted by molar-refractivity contribution is -0.217. The lowest BCUT2D eigenvalue weighted by atomic mass is 10.1. The molecule has 35 heavy (non-hydrogen) atoms. The molecular weight excluding hydrogens is 464 g/mol. The van der Waals surface area contributed by atoms with Gasteiger partial charge >= 0.3 is 6.18 Å². The highest BCUT2D eigenvalue weighted by Crippen LogP contribution is 2.29. The number of allylic oxidation sites excluding steroid dienone is 1. The molecule has 10 heteroatoms. The molecule has 1 fully saturated rings. The molecule has 6 nitrogen and oxygen atoms in total. The Bertz CT molecular complexity index is 1220. The minimum atomic E-state index is -4.45. The van der Waals surface area contributed by atoms with Gasteiger partial charge in [0, 0.05) is 23.9 Å². The monoisotopic (exact) mass is 488 g/mol. The van der Waals surface area contributed by atoms with Crippen molar-refractivity contribution in [3.8, 4) is 16.9 Å². The van der Waals surface area contributed by atoms with Gasteiger partial charge in [-0.3, -0.25) is 4.79 Å². The summed E-state index contributed by atoms with van der Waals surface area (Å²) in [7, 11) is 0. The van der Waals surface area contributed by atoms with E-state index in [1.807, 2.05) is 0 Å². The van der Waals surface area contributed by atoms with Crippen molar-refractivity contribution in [1.29, 1.82) is 0 Å². The number of rotatable bonds is 7. The van der Waals surface area contributed by atoms with Gasteiger partial charge in [0.15, 0.2) is 11.9 Å². The number of hydrogen-bond acceptors (Lipinski definition) is 4. The Morgan fingerprint density at radius 3 is 2.66 bits per heavy atom. The van der Waals surface area contributed by atoms with Crippen molar-refractivity contribution in [2.75, 3.05) is 11.9 Å². The summed E-state index contributed by atoms with van der Waals surface area (Å²) in [6, 6.07) is 14.1. The molecule has 2 aromatic carbocycles. The maximum atomic E-state index is 13.5. The number of anilines is 1. The molecule has 1 aliphatic rings. The van der Waals surface area contributed by atoms with E-state index in [1.165, 1.54) is 12.1 Å². The zero-order valence-corrected chi connectivity index (χ0v) is 18.9. The Morgan fingerprint density at radius 1 is 1.26 bits per heavy atom. The molecule has 2 heterocycles. The largest absolute Gasteiger partial charge is 0.414 e. The quantitative estimate of drug-likeness (QED) is 0.448. The molecule has 2 atom stereocenters. The first-order valence-electron chi connectivity index (χ1n) is 11.0. The summed E-state index contributed by atoms with van der Waals surface area (Å²) in [6.45, 7) is 5.03. The van der Waals surface area contributed by atoms with Crippen LogP contribution >= 0.6 is 0 Å². The summed E-state index contributed by atoms with van der Waals surface area (Å²) < 4.78 is 58.4. The number of carbonyl (C=O) groups is 1. The lowest BCUT2D eigenvalue weighted by Gasteiger charge is -2.16. The Morgan fingerprint density at radius 2 is 2.00 bits per heavy atom. The van der Waals surface area contributed by atoms with E-state index in [9.17, 15) is 22.4 Å². The number of nitrogens with one attached hydrogen (secondary N) is 2. The zero-order chi connectivity index (χ0) is 25.2. The molecular formula is C25H24F4N4O2. The average Bonchev–Trinajstić information content (AvgIpc) is 3.44. The number of aromatic nitrogens is 2. The fourth-order valence-corrected chi connectivity index (χ4v) is 3.69. The highest BCUT2D eigenvalue weighted by atomic mass is 19.4. The predicted molar refractivity (Wildman–Crippen MR) is 123 cm³/mol. The van der Waals surface area contributed by atoms with Crippen molar-refractivity contribution >= 4 is 11.7 Å². The molecule has 0 radical (unpaired) electrons. The van der Waals surface area contributed by atoms with Crippen LogP contribution in [-0.4, -0.2) is 34.5 Å². The van der Waals surface area contributed by atoms with Gasteiger partial charge < -0.3 is 15.4 Å². The molecule has 4 rings (SSSR count). The molecule has 0 unspecified atom stereocenters. The van der Waals surface area contributed by atoms with Gasteiger partial charge in [0.2, 0.25) is 5.91 Å². The summed E-state index contributed by atoms with van der Waals surface area (Å²) in [6.07, 6.45) is -5.83. The molecule has 1 aromatic heterocycles. The minimum absolute atomic E-state index is 0.213. The number of carbonyl (C=O) groups excluding carboxylic acids is 1. The number of amides is 1. The number of halogens is 4. The second-order valence-corrected chi connectivity index (χ2v) is 8.37. The summed E-state index contributed by atoms with van der Waals surface area (Å²) in [5.74, 6) is -0.616. The summed E-state index contributed by atoms with van der Waals surface area (Å²) in [4.78, 5) is 12.7. The molecule has 184 valence electrons. The van der Waals surface area contributed by atoms with Crippen molar-refractivity contribution in [3.63, 3.8) is 0 Å². The van der Waals surface area contributed by atoms with Crippen LogP contribution in [0.25, 0.3) is 16.9 Å². The van der Waals surface area contributed by atoms with E-state index in [2.05, 4.69) is 22.3 Å². The molecule has 0 bridgehead atoms. The number of nitrogens with zero attached hydrogens (tertiary/aromatic N) is 2. The molecule has 2 N–H and O–H groups in total. The third kappa shape index (κ3) is 5.89. The van der Waals surface area contributed by atoms with Gasteiger partial charge in [0.25, 0.3) is 0 Å². The van der Waals surface area contributed by atoms with E-state index in [-0.39, 0.29) is 18.4 Å². The summed E-state index contributed by atoms with van der Waals surface area (Å²) >= 11 is 0. The van der Waals surface area contributed by atoms with E-state index in [4.69, 9.17) is 4.74 Å². The van der Waals surface area contributed by atoms with E-state index in [1.54, 1.807) is 47.1 Å². The normalized spacial score (nSPS) is 16.7. The fraction of sp³-hybridized carbons (Fsp3) is 0.280. The van der Waals surface area contributed by atoms with E-state index in [0.717, 1.165) is 12.6 Å². The standard InChI is InChI=1S/C25H24F4N4O2/c1-15-10-19(13-30-15)24(34)31-23-12-22(33(32-23)21-8-6-20(26)7-9-21)18-5-3-4-17(11-18)14-35-16(2)25(27,28)29/h3-9,11-12,16,19,30H,1,10,13-14H2,2H3,(H,31,32,34)/t16-,19+/m1/s1. The minimum Gasteiger partial charge on any atom is -0.388 e. The van der Waals surface area contributed by atoms with Crippen LogP contribution in [0.2, 0.25) is 0 Å². The van der Waals surface area contributed by atoms with Gasteiger partial charge in [-0.25, -0.2) is 9.07 Å². The lowest BCUT2D eigenvalue weighted by Crippen LogP contribution is -2.28. The van der Waals surface area contributed by atoms with Crippen molar-refractivity contribution in [2.24, 2.45) is 5.92 Å². The Labute approximate surface area is 199 Å². The van der Waals surface area contributed by atoms with E-state index < -0.39 is 18.1 Å². The van der Waals surface area contributed by atoms with Crippen LogP contribution in [-0.2, 0) is 16.1 Å². The number of alkyl halides is 3. The summed E-state index contributed by atoms with van der Waals surface area (Å²) in [5, 5.41) is 10.4. The van der Waals surface area contributed by atoms with Crippen molar-refractivity contribution < 1.29 is 27.1 Å². The van der Waals surface area contributed by atoms with Crippen LogP contribution in [0.1, 0.15) is 18.9 Å². The van der Waals surface area contributed by atoms with Crippen LogP contribution in [0.15, 0.2) is 66.9 Å². The molecule has 0 aliphatic carbocycles. The highest BCUT2D eigenvalue weighted by molar-refractivity contribution is 5.93. The maximum absolute atomic E-state index is 13.5. The van der Waals surface area contributed by atoms with Crippen LogP contribution in [0.3, 0.4) is 0 Å². The second kappa shape index (κ2) is 9.91. The third-order valence-corrected chi connectivity index (χ3v) is 5.68. The van der Waals surface area contributed by atoms with Gasteiger partial charge in [-0.05, 0) is 49.2 Å². The topological polar surface area (TPSA) is 68.2 Å². The Hall–Kier alpha value is -3.66. The molecule has 0 saturated carbocycles. The highest BCUT2D eigenvalue weighted by Gasteiger charge is 2.36. The number of hydrogen-bond donors (Lipinski definition) is 2. The van der Waals surface area contributed by atoms with Gasteiger partial charge in [-0.15, -0.1) is 5.10 Å². The van der Waals surface area contributed by atoms with E-state index >= 15 is 0 Å².